The first-order valence-electron chi connectivity index (χ1n) is 7.69. The van der Waals surface area contributed by atoms with Crippen molar-refractivity contribution in [3.8, 4) is 10.8 Å². The molecule has 0 aliphatic rings. The lowest BCUT2D eigenvalue weighted by Gasteiger charge is -2.42. The molecule has 0 amide bonds. The van der Waals surface area contributed by atoms with Gasteiger partial charge in [-0.1, -0.05) is 59.6 Å². The van der Waals surface area contributed by atoms with Crippen molar-refractivity contribution in [2.45, 2.75) is 64.8 Å². The van der Waals surface area contributed by atoms with Gasteiger partial charge in [-0.3, -0.25) is 0 Å². The molecule has 1 aromatic rings. The molecule has 0 radical (unpaired) electrons. The van der Waals surface area contributed by atoms with E-state index < -0.39 is 8.32 Å². The van der Waals surface area contributed by atoms with E-state index in [4.69, 9.17) is 4.43 Å². The molecule has 21 heavy (non-hydrogen) atoms. The molecule has 0 fully saturated rings. The number of benzene rings is 1. The summed E-state index contributed by atoms with van der Waals surface area (Å²) in [6, 6.07) is 8.34. The summed E-state index contributed by atoms with van der Waals surface area (Å²) in [5.41, 5.74) is 4.12. The van der Waals surface area contributed by atoms with E-state index in [2.05, 4.69) is 92.5 Å². The van der Waals surface area contributed by atoms with Crippen molar-refractivity contribution in [3.05, 3.63) is 35.4 Å². The van der Waals surface area contributed by atoms with Crippen LogP contribution in [0.1, 0.15) is 52.7 Å². The van der Waals surface area contributed by atoms with Gasteiger partial charge < -0.3 is 4.43 Å². The molecular formula is C18H27BrOSi. The van der Waals surface area contributed by atoms with Gasteiger partial charge in [-0.05, 0) is 39.1 Å². The number of hydrogen-bond acceptors (Lipinski definition) is 1. The summed E-state index contributed by atoms with van der Waals surface area (Å²) in [4.78, 5) is 2.74. The Hall–Kier alpha value is -0.563. The molecule has 0 unspecified atom stereocenters. The summed E-state index contributed by atoms with van der Waals surface area (Å²) in [5.74, 6) is 3.00. The van der Waals surface area contributed by atoms with Crippen molar-refractivity contribution in [2.75, 3.05) is 0 Å². The van der Waals surface area contributed by atoms with Crippen LogP contribution in [0.5, 0.6) is 0 Å². The maximum absolute atomic E-state index is 6.59. The predicted molar refractivity (Wildman–Crippen MR) is 98.1 cm³/mol. The topological polar surface area (TPSA) is 9.23 Å². The van der Waals surface area contributed by atoms with Crippen LogP contribution in [0, 0.1) is 10.8 Å². The lowest BCUT2D eigenvalue weighted by atomic mass is 10.1. The van der Waals surface area contributed by atoms with Gasteiger partial charge in [0, 0.05) is 21.5 Å². The van der Waals surface area contributed by atoms with Crippen molar-refractivity contribution >= 4 is 24.2 Å². The summed E-state index contributed by atoms with van der Waals surface area (Å²) in [5, 5.41) is 0. The Kier molecular flexibility index (Phi) is 7.19. The maximum Gasteiger partial charge on any atom is 0.200 e. The minimum atomic E-state index is -1.77. The first-order valence-corrected chi connectivity index (χ1v) is 10.6. The van der Waals surface area contributed by atoms with E-state index in [1.165, 1.54) is 5.56 Å². The Bertz CT molecular complexity index is 472. The van der Waals surface area contributed by atoms with Gasteiger partial charge in [0.1, 0.15) is 0 Å². The van der Waals surface area contributed by atoms with Crippen molar-refractivity contribution < 1.29 is 4.43 Å². The highest BCUT2D eigenvalue weighted by Gasteiger charge is 2.44. The molecule has 1 rings (SSSR count). The standard InChI is InChI=1S/C18H27BrOSi/c1-14(2)21(15(3)4,16(5)6)20-13-18-9-7-17(8-10-18)11-12-19/h7-10,14-16H,13H2,1-6H3. The third kappa shape index (κ3) is 4.45. The molecule has 116 valence electrons. The Morgan fingerprint density at radius 2 is 1.43 bits per heavy atom. The normalized spacial score (nSPS) is 11.9. The van der Waals surface area contributed by atoms with Crippen molar-refractivity contribution in [2.24, 2.45) is 0 Å². The van der Waals surface area contributed by atoms with Crippen LogP contribution in [0.25, 0.3) is 0 Å². The van der Waals surface area contributed by atoms with Crippen LogP contribution < -0.4 is 0 Å². The fourth-order valence-corrected chi connectivity index (χ4v) is 9.09. The molecule has 3 heteroatoms. The van der Waals surface area contributed by atoms with Crippen LogP contribution in [0.2, 0.25) is 16.6 Å². The van der Waals surface area contributed by atoms with Crippen LogP contribution in [-0.4, -0.2) is 8.32 Å². The number of halogens is 1. The average Bonchev–Trinajstić information content (AvgIpc) is 2.40. The Morgan fingerprint density at radius 1 is 0.952 bits per heavy atom. The van der Waals surface area contributed by atoms with Crippen LogP contribution in [0.15, 0.2) is 24.3 Å². The molecule has 1 nitrogen and oxygen atoms in total. The second kappa shape index (κ2) is 8.17. The molecule has 0 atom stereocenters. The molecular weight excluding hydrogens is 340 g/mol. The molecule has 0 saturated heterocycles. The summed E-state index contributed by atoms with van der Waals surface area (Å²) < 4.78 is 6.59. The van der Waals surface area contributed by atoms with Crippen molar-refractivity contribution in [3.63, 3.8) is 0 Å². The van der Waals surface area contributed by atoms with Crippen LogP contribution in [0.4, 0.5) is 0 Å². The minimum Gasteiger partial charge on any atom is -0.412 e. The molecule has 0 N–H and O–H groups in total. The monoisotopic (exact) mass is 366 g/mol. The van der Waals surface area contributed by atoms with E-state index in [1.807, 2.05) is 0 Å². The molecule has 0 aliphatic heterocycles. The molecule has 0 saturated carbocycles. The Morgan fingerprint density at radius 3 is 1.81 bits per heavy atom. The Labute approximate surface area is 139 Å². The van der Waals surface area contributed by atoms with E-state index in [0.717, 1.165) is 5.56 Å². The van der Waals surface area contributed by atoms with Crippen LogP contribution in [-0.2, 0) is 11.0 Å². The van der Waals surface area contributed by atoms with Gasteiger partial charge in [-0.15, -0.1) is 0 Å². The molecule has 1 aromatic carbocycles. The molecule has 0 spiro atoms. The molecule has 0 heterocycles. The van der Waals surface area contributed by atoms with Gasteiger partial charge in [0.25, 0.3) is 0 Å². The van der Waals surface area contributed by atoms with E-state index >= 15 is 0 Å². The summed E-state index contributed by atoms with van der Waals surface area (Å²) >= 11 is 3.13. The van der Waals surface area contributed by atoms with Gasteiger partial charge in [0.05, 0.1) is 6.61 Å². The van der Waals surface area contributed by atoms with Gasteiger partial charge in [-0.2, -0.15) is 0 Å². The van der Waals surface area contributed by atoms with E-state index in [1.54, 1.807) is 0 Å². The van der Waals surface area contributed by atoms with Gasteiger partial charge in [0.2, 0.25) is 8.32 Å². The minimum absolute atomic E-state index is 0.621. The van der Waals surface area contributed by atoms with Crippen molar-refractivity contribution in [1.29, 1.82) is 0 Å². The maximum atomic E-state index is 6.59. The van der Waals surface area contributed by atoms with E-state index in [0.29, 0.717) is 23.2 Å². The summed E-state index contributed by atoms with van der Waals surface area (Å²) in [6.45, 7) is 14.6. The highest BCUT2D eigenvalue weighted by molar-refractivity contribution is 9.12. The third-order valence-corrected chi connectivity index (χ3v) is 10.6. The number of rotatable bonds is 6. The van der Waals surface area contributed by atoms with Gasteiger partial charge in [0.15, 0.2) is 0 Å². The lowest BCUT2D eigenvalue weighted by Crippen LogP contribution is -2.47. The molecule has 0 aliphatic carbocycles. The van der Waals surface area contributed by atoms with Crippen LogP contribution >= 0.6 is 15.9 Å². The zero-order chi connectivity index (χ0) is 16.0. The SMILES string of the molecule is CC(C)[Si](OCc1ccc(C#CBr)cc1)(C(C)C)C(C)C. The quantitative estimate of drug-likeness (QED) is 0.437. The summed E-state index contributed by atoms with van der Waals surface area (Å²) in [6.07, 6.45) is 0. The second-order valence-electron chi connectivity index (χ2n) is 6.52. The fourth-order valence-electron chi connectivity index (χ4n) is 3.45. The lowest BCUT2D eigenvalue weighted by molar-refractivity contribution is 0.266. The second-order valence-corrected chi connectivity index (χ2v) is 12.4. The van der Waals surface area contributed by atoms with Crippen molar-refractivity contribution in [1.82, 2.24) is 0 Å². The molecule has 0 aromatic heterocycles. The predicted octanol–water partition coefficient (Wildman–Crippen LogP) is 6.08. The smallest absolute Gasteiger partial charge is 0.200 e. The highest BCUT2D eigenvalue weighted by atomic mass is 79.9. The van der Waals surface area contributed by atoms with E-state index in [-0.39, 0.29) is 0 Å². The summed E-state index contributed by atoms with van der Waals surface area (Å²) in [7, 11) is -1.77. The zero-order valence-corrected chi connectivity index (χ0v) is 16.6. The first kappa shape index (κ1) is 18.5. The molecule has 0 bridgehead atoms. The van der Waals surface area contributed by atoms with Crippen LogP contribution in [0.3, 0.4) is 0 Å². The Balaban J connectivity index is 2.88. The van der Waals surface area contributed by atoms with E-state index in [9.17, 15) is 0 Å². The highest BCUT2D eigenvalue weighted by Crippen LogP contribution is 2.42. The van der Waals surface area contributed by atoms with Gasteiger partial charge in [-0.25, -0.2) is 0 Å². The zero-order valence-electron chi connectivity index (χ0n) is 14.0. The van der Waals surface area contributed by atoms with Gasteiger partial charge >= 0.3 is 0 Å². The first-order chi connectivity index (χ1) is 9.84. The number of hydrogen-bond donors (Lipinski definition) is 0. The third-order valence-electron chi connectivity index (χ3n) is 4.34. The average molecular weight is 367 g/mol. The fraction of sp³-hybridized carbons (Fsp3) is 0.556. The largest absolute Gasteiger partial charge is 0.412 e.